The fraction of sp³-hybridized carbons (Fsp3) is 0.308. The van der Waals surface area contributed by atoms with Gasteiger partial charge in [0.2, 0.25) is 0 Å². The van der Waals surface area contributed by atoms with E-state index in [0.29, 0.717) is 22.4 Å². The normalized spacial score (nSPS) is 11.1. The molecule has 90 valence electrons. The van der Waals surface area contributed by atoms with Crippen LogP contribution in [-0.4, -0.2) is 4.98 Å². The molecular formula is C13H13Cl2NS. The molecule has 1 aromatic heterocycles. The van der Waals surface area contributed by atoms with Crippen LogP contribution in [0.1, 0.15) is 35.2 Å². The van der Waals surface area contributed by atoms with E-state index in [1.807, 2.05) is 24.4 Å². The summed E-state index contributed by atoms with van der Waals surface area (Å²) in [5, 5.41) is 2.47. The van der Waals surface area contributed by atoms with Gasteiger partial charge in [-0.15, -0.1) is 11.3 Å². The molecule has 0 aliphatic heterocycles. The Hall–Kier alpha value is -0.570. The molecule has 0 N–H and O–H groups in total. The highest BCUT2D eigenvalue weighted by Gasteiger charge is 2.10. The van der Waals surface area contributed by atoms with Gasteiger partial charge in [0.25, 0.3) is 0 Å². The minimum atomic E-state index is 0.517. The second kappa shape index (κ2) is 5.38. The first-order valence-corrected chi connectivity index (χ1v) is 7.02. The predicted octanol–water partition coefficient (Wildman–Crippen LogP) is 5.16. The van der Waals surface area contributed by atoms with Gasteiger partial charge in [0.15, 0.2) is 0 Å². The molecular weight excluding hydrogens is 273 g/mol. The Bertz CT molecular complexity index is 500. The van der Waals surface area contributed by atoms with Gasteiger partial charge in [0.05, 0.1) is 5.01 Å². The zero-order valence-corrected chi connectivity index (χ0v) is 12.0. The maximum Gasteiger partial charge on any atom is 0.0972 e. The van der Waals surface area contributed by atoms with Gasteiger partial charge in [-0.05, 0) is 23.6 Å². The van der Waals surface area contributed by atoms with Crippen molar-refractivity contribution in [3.05, 3.63) is 49.9 Å². The topological polar surface area (TPSA) is 12.9 Å². The summed E-state index contributed by atoms with van der Waals surface area (Å²) < 4.78 is 0. The standard InChI is InChI=1S/C13H13Cl2NS/c1-8(2)12-7-16-13(17-12)6-9-10(14)4-3-5-11(9)15/h3-5,7-8H,6H2,1-2H3. The largest absolute Gasteiger partial charge is 0.249 e. The molecule has 0 unspecified atom stereocenters. The van der Waals surface area contributed by atoms with Gasteiger partial charge in [-0.25, -0.2) is 4.98 Å². The van der Waals surface area contributed by atoms with E-state index < -0.39 is 0 Å². The van der Waals surface area contributed by atoms with Crippen molar-refractivity contribution < 1.29 is 0 Å². The first-order chi connectivity index (χ1) is 8.08. The Kier molecular flexibility index (Phi) is 4.08. The lowest BCUT2D eigenvalue weighted by Gasteiger charge is -2.04. The number of hydrogen-bond acceptors (Lipinski definition) is 2. The van der Waals surface area contributed by atoms with Crippen LogP contribution in [0.2, 0.25) is 10.0 Å². The minimum absolute atomic E-state index is 0.517. The van der Waals surface area contributed by atoms with Gasteiger partial charge in [0.1, 0.15) is 0 Å². The molecule has 4 heteroatoms. The number of benzene rings is 1. The average Bonchev–Trinajstić information content (AvgIpc) is 2.72. The molecule has 2 rings (SSSR count). The predicted molar refractivity (Wildman–Crippen MR) is 75.5 cm³/mol. The van der Waals surface area contributed by atoms with Crippen molar-refractivity contribution in [2.75, 3.05) is 0 Å². The second-order valence-corrected chi connectivity index (χ2v) is 6.15. The summed E-state index contributed by atoms with van der Waals surface area (Å²) in [5.41, 5.74) is 0.959. The zero-order valence-electron chi connectivity index (χ0n) is 9.71. The highest BCUT2D eigenvalue weighted by Crippen LogP contribution is 2.29. The summed E-state index contributed by atoms with van der Waals surface area (Å²) in [4.78, 5) is 5.71. The summed E-state index contributed by atoms with van der Waals surface area (Å²) in [6.07, 6.45) is 2.64. The van der Waals surface area contributed by atoms with Crippen LogP contribution in [0.4, 0.5) is 0 Å². The third-order valence-corrected chi connectivity index (χ3v) is 4.54. The average molecular weight is 286 g/mol. The number of aromatic nitrogens is 1. The van der Waals surface area contributed by atoms with Gasteiger partial charge >= 0.3 is 0 Å². The van der Waals surface area contributed by atoms with E-state index in [4.69, 9.17) is 23.2 Å². The smallest absolute Gasteiger partial charge is 0.0972 e. The number of nitrogens with zero attached hydrogens (tertiary/aromatic N) is 1. The van der Waals surface area contributed by atoms with Crippen LogP contribution < -0.4 is 0 Å². The SMILES string of the molecule is CC(C)c1cnc(Cc2c(Cl)cccc2Cl)s1. The van der Waals surface area contributed by atoms with E-state index in [9.17, 15) is 0 Å². The fourth-order valence-corrected chi connectivity index (χ4v) is 2.99. The molecule has 2 aromatic rings. The molecule has 1 aromatic carbocycles. The van der Waals surface area contributed by atoms with E-state index in [-0.39, 0.29) is 0 Å². The first-order valence-electron chi connectivity index (χ1n) is 5.45. The van der Waals surface area contributed by atoms with Gasteiger partial charge in [-0.3, -0.25) is 0 Å². The summed E-state index contributed by atoms with van der Waals surface area (Å²) >= 11 is 14.0. The molecule has 1 heterocycles. The maximum absolute atomic E-state index is 6.14. The monoisotopic (exact) mass is 285 g/mol. The van der Waals surface area contributed by atoms with Gasteiger partial charge in [-0.1, -0.05) is 43.1 Å². The van der Waals surface area contributed by atoms with Gasteiger partial charge in [0, 0.05) is 27.5 Å². The molecule has 1 nitrogen and oxygen atoms in total. The Morgan fingerprint density at radius 1 is 1.24 bits per heavy atom. The highest BCUT2D eigenvalue weighted by molar-refractivity contribution is 7.11. The van der Waals surface area contributed by atoms with Crippen LogP contribution in [0.3, 0.4) is 0 Å². The summed E-state index contributed by atoms with van der Waals surface area (Å²) in [7, 11) is 0. The van der Waals surface area contributed by atoms with E-state index >= 15 is 0 Å². The highest BCUT2D eigenvalue weighted by atomic mass is 35.5. The van der Waals surface area contributed by atoms with Gasteiger partial charge in [-0.2, -0.15) is 0 Å². The lowest BCUT2D eigenvalue weighted by Crippen LogP contribution is -1.89. The Labute approximate surface area is 115 Å². The Morgan fingerprint density at radius 3 is 2.41 bits per heavy atom. The Balaban J connectivity index is 2.25. The minimum Gasteiger partial charge on any atom is -0.249 e. The first kappa shape index (κ1) is 12.9. The molecule has 0 amide bonds. The fourth-order valence-electron chi connectivity index (χ4n) is 1.53. The van der Waals surface area contributed by atoms with Crippen LogP contribution >= 0.6 is 34.5 Å². The molecule has 0 saturated carbocycles. The lowest BCUT2D eigenvalue weighted by atomic mass is 10.1. The van der Waals surface area contributed by atoms with E-state index in [1.165, 1.54) is 4.88 Å². The van der Waals surface area contributed by atoms with Gasteiger partial charge < -0.3 is 0 Å². The van der Waals surface area contributed by atoms with Crippen molar-refractivity contribution in [3.63, 3.8) is 0 Å². The van der Waals surface area contributed by atoms with Crippen molar-refractivity contribution in [1.29, 1.82) is 0 Å². The molecule has 0 radical (unpaired) electrons. The molecule has 0 spiro atoms. The molecule has 0 aliphatic rings. The van der Waals surface area contributed by atoms with Crippen molar-refractivity contribution in [3.8, 4) is 0 Å². The second-order valence-electron chi connectivity index (χ2n) is 4.19. The van der Waals surface area contributed by atoms with Crippen LogP contribution in [0, 0.1) is 0 Å². The summed E-state index contributed by atoms with van der Waals surface area (Å²) in [6, 6.07) is 5.58. The quantitative estimate of drug-likeness (QED) is 0.759. The van der Waals surface area contributed by atoms with Crippen molar-refractivity contribution in [2.24, 2.45) is 0 Å². The Morgan fingerprint density at radius 2 is 1.88 bits per heavy atom. The van der Waals surface area contributed by atoms with Crippen LogP contribution in [0.5, 0.6) is 0 Å². The summed E-state index contributed by atoms with van der Waals surface area (Å²) in [5.74, 6) is 0.517. The van der Waals surface area contributed by atoms with Crippen LogP contribution in [0.25, 0.3) is 0 Å². The third kappa shape index (κ3) is 3.01. The molecule has 0 atom stereocenters. The summed E-state index contributed by atoms with van der Waals surface area (Å²) in [6.45, 7) is 4.33. The van der Waals surface area contributed by atoms with E-state index in [2.05, 4.69) is 18.8 Å². The molecule has 0 fully saturated rings. The third-order valence-electron chi connectivity index (χ3n) is 2.53. The molecule has 0 aliphatic carbocycles. The number of hydrogen-bond donors (Lipinski definition) is 0. The molecule has 0 saturated heterocycles. The lowest BCUT2D eigenvalue weighted by molar-refractivity contribution is 0.885. The zero-order chi connectivity index (χ0) is 12.4. The maximum atomic E-state index is 6.14. The number of halogens is 2. The number of thiazole rings is 1. The van der Waals surface area contributed by atoms with Crippen molar-refractivity contribution in [1.82, 2.24) is 4.98 Å². The molecule has 0 bridgehead atoms. The van der Waals surface area contributed by atoms with Crippen molar-refractivity contribution in [2.45, 2.75) is 26.2 Å². The van der Waals surface area contributed by atoms with E-state index in [0.717, 1.165) is 10.6 Å². The van der Waals surface area contributed by atoms with E-state index in [1.54, 1.807) is 11.3 Å². The van der Waals surface area contributed by atoms with Crippen LogP contribution in [0.15, 0.2) is 24.4 Å². The number of rotatable bonds is 3. The van der Waals surface area contributed by atoms with Crippen molar-refractivity contribution >= 4 is 34.5 Å². The van der Waals surface area contributed by atoms with Crippen LogP contribution in [-0.2, 0) is 6.42 Å². The molecule has 17 heavy (non-hydrogen) atoms.